The molecule has 266 valence electrons. The molecule has 3 nitrogen and oxygen atoms in total. The summed E-state index contributed by atoms with van der Waals surface area (Å²) in [6, 6.07) is 60.5. The van der Waals surface area contributed by atoms with Crippen molar-refractivity contribution in [1.29, 1.82) is 0 Å². The van der Waals surface area contributed by atoms with Gasteiger partial charge in [0.2, 0.25) is 0 Å². The van der Waals surface area contributed by atoms with E-state index in [2.05, 4.69) is 214 Å². The van der Waals surface area contributed by atoms with Crippen LogP contribution in [0.5, 0.6) is 0 Å². The number of hydrogen-bond donors (Lipinski definition) is 0. The smallest absolute Gasteiger partial charge is 0.0627 e. The summed E-state index contributed by atoms with van der Waals surface area (Å²) >= 11 is 0. The van der Waals surface area contributed by atoms with Crippen LogP contribution in [0.3, 0.4) is 0 Å². The third-order valence-electron chi connectivity index (χ3n) is 12.7. The minimum Gasteiger partial charge on any atom is -0.312 e. The van der Waals surface area contributed by atoms with Crippen LogP contribution in [0.25, 0.3) is 99.2 Å². The molecule has 3 heterocycles. The fourth-order valence-corrected chi connectivity index (χ4v) is 10.3. The minimum atomic E-state index is 0.224. The van der Waals surface area contributed by atoms with Crippen LogP contribution in [-0.2, 0) is 0 Å². The average Bonchev–Trinajstić information content (AvgIpc) is 3.92. The van der Waals surface area contributed by atoms with Gasteiger partial charge in [0.25, 0.3) is 0 Å². The van der Waals surface area contributed by atoms with Gasteiger partial charge in [-0.05, 0) is 71.4 Å². The van der Waals surface area contributed by atoms with Crippen LogP contribution in [0.15, 0.2) is 194 Å². The Hall–Kier alpha value is -7.36. The highest BCUT2D eigenvalue weighted by atomic mass is 15.0. The lowest BCUT2D eigenvalue weighted by atomic mass is 9.80. The number of nitrogens with zero attached hydrogens (tertiary/aromatic N) is 3. The van der Waals surface area contributed by atoms with Crippen molar-refractivity contribution in [1.82, 2.24) is 13.7 Å². The molecule has 2 unspecified atom stereocenters. The molecule has 0 radical (unpaired) electrons. The first-order valence-electron chi connectivity index (χ1n) is 20.0. The van der Waals surface area contributed by atoms with Gasteiger partial charge in [-0.25, -0.2) is 0 Å². The van der Waals surface area contributed by atoms with E-state index in [1.165, 1.54) is 93.0 Å². The van der Waals surface area contributed by atoms with Crippen molar-refractivity contribution in [3.63, 3.8) is 0 Å². The number of para-hydroxylation sites is 3. The van der Waals surface area contributed by atoms with Gasteiger partial charge in [-0.15, -0.1) is 0 Å². The Morgan fingerprint density at radius 2 is 0.982 bits per heavy atom. The Kier molecular flexibility index (Phi) is 6.28. The van der Waals surface area contributed by atoms with Crippen molar-refractivity contribution >= 4 is 82.1 Å². The summed E-state index contributed by atoms with van der Waals surface area (Å²) in [6.07, 6.45) is 14.0. The Morgan fingerprint density at radius 1 is 0.368 bits per heavy atom. The topological polar surface area (TPSA) is 14.8 Å². The molecule has 57 heavy (non-hydrogen) atoms. The second-order valence-corrected chi connectivity index (χ2v) is 15.6. The summed E-state index contributed by atoms with van der Waals surface area (Å²) in [6.45, 7) is 0. The second kappa shape index (κ2) is 11.6. The molecule has 0 fully saturated rings. The molecule has 2 aliphatic carbocycles. The highest BCUT2D eigenvalue weighted by molar-refractivity contribution is 6.34. The Morgan fingerprint density at radius 3 is 1.75 bits per heavy atom. The molecule has 3 aromatic heterocycles. The van der Waals surface area contributed by atoms with Crippen LogP contribution in [-0.4, -0.2) is 13.7 Å². The van der Waals surface area contributed by atoms with Crippen molar-refractivity contribution in [2.24, 2.45) is 5.92 Å². The maximum Gasteiger partial charge on any atom is 0.0627 e. The summed E-state index contributed by atoms with van der Waals surface area (Å²) < 4.78 is 7.58. The summed E-state index contributed by atoms with van der Waals surface area (Å²) in [5, 5.41) is 11.4. The number of aromatic nitrogens is 3. The van der Waals surface area contributed by atoms with Gasteiger partial charge in [-0.1, -0.05) is 140 Å². The fourth-order valence-electron chi connectivity index (χ4n) is 10.3. The van der Waals surface area contributed by atoms with E-state index in [-0.39, 0.29) is 5.92 Å². The summed E-state index contributed by atoms with van der Waals surface area (Å²) in [5.41, 5.74) is 12.3. The molecule has 0 saturated heterocycles. The van der Waals surface area contributed by atoms with Crippen LogP contribution < -0.4 is 0 Å². The van der Waals surface area contributed by atoms with E-state index in [1.807, 2.05) is 0 Å². The van der Waals surface area contributed by atoms with E-state index in [9.17, 15) is 0 Å². The number of allylic oxidation sites excluding steroid dienone is 5. The minimum absolute atomic E-state index is 0.224. The van der Waals surface area contributed by atoms with Gasteiger partial charge < -0.3 is 13.7 Å². The van der Waals surface area contributed by atoms with Gasteiger partial charge in [-0.3, -0.25) is 0 Å². The van der Waals surface area contributed by atoms with Crippen molar-refractivity contribution in [2.45, 2.75) is 5.92 Å². The molecule has 0 aliphatic heterocycles. The average molecular weight is 726 g/mol. The van der Waals surface area contributed by atoms with Gasteiger partial charge in [-0.2, -0.15) is 0 Å². The predicted molar refractivity (Wildman–Crippen MR) is 241 cm³/mol. The maximum absolute atomic E-state index is 2.59. The maximum atomic E-state index is 2.59. The molecule has 0 N–H and O–H groups in total. The van der Waals surface area contributed by atoms with E-state index in [0.717, 1.165) is 11.4 Å². The van der Waals surface area contributed by atoms with Crippen LogP contribution in [0.2, 0.25) is 0 Å². The van der Waals surface area contributed by atoms with E-state index in [1.54, 1.807) is 0 Å². The van der Waals surface area contributed by atoms with Crippen molar-refractivity contribution in [3.05, 3.63) is 205 Å². The first kappa shape index (κ1) is 30.9. The quantitative estimate of drug-likeness (QED) is 0.172. The molecule has 0 amide bonds. The summed E-state index contributed by atoms with van der Waals surface area (Å²) in [4.78, 5) is 0. The highest BCUT2D eigenvalue weighted by Crippen LogP contribution is 2.51. The van der Waals surface area contributed by atoms with Crippen molar-refractivity contribution in [3.8, 4) is 17.1 Å². The van der Waals surface area contributed by atoms with Gasteiger partial charge in [0, 0.05) is 77.9 Å². The lowest BCUT2D eigenvalue weighted by Crippen LogP contribution is -2.16. The lowest BCUT2D eigenvalue weighted by Gasteiger charge is -2.27. The number of hydrogen-bond acceptors (Lipinski definition) is 0. The first-order chi connectivity index (χ1) is 28.3. The molecule has 11 aromatic rings. The third kappa shape index (κ3) is 4.20. The van der Waals surface area contributed by atoms with Gasteiger partial charge in [0.1, 0.15) is 0 Å². The zero-order chi connectivity index (χ0) is 37.2. The molecule has 0 saturated carbocycles. The Balaban J connectivity index is 1.25. The summed E-state index contributed by atoms with van der Waals surface area (Å²) in [7, 11) is 0. The van der Waals surface area contributed by atoms with E-state index >= 15 is 0 Å². The SMILES string of the molecule is C1=CC2C=Cc3c(n(-c4ccccc4)c4c5ccccc5c5c(c6cc(-n7c8ccccc8c8cc9ccccc9cc87)ccc6n5-c5ccccc5)c34)C2C=C1. The largest absolute Gasteiger partial charge is 0.312 e. The number of fused-ring (bicyclic) bond motifs is 16. The first-order valence-corrected chi connectivity index (χ1v) is 20.0. The fraction of sp³-hybridized carbons (Fsp3) is 0.0370. The van der Waals surface area contributed by atoms with Crippen molar-refractivity contribution < 1.29 is 0 Å². The highest BCUT2D eigenvalue weighted by Gasteiger charge is 2.33. The molecule has 0 spiro atoms. The number of benzene rings is 8. The molecule has 2 atom stereocenters. The Labute approximate surface area is 328 Å². The monoisotopic (exact) mass is 725 g/mol. The van der Waals surface area contributed by atoms with Crippen molar-refractivity contribution in [2.75, 3.05) is 0 Å². The normalized spacial score (nSPS) is 16.2. The number of rotatable bonds is 3. The zero-order valence-corrected chi connectivity index (χ0v) is 31.0. The Bertz CT molecular complexity index is 3570. The molecule has 13 rings (SSSR count). The third-order valence-corrected chi connectivity index (χ3v) is 12.7. The molecular weight excluding hydrogens is 691 g/mol. The molecule has 3 heteroatoms. The summed E-state index contributed by atoms with van der Waals surface area (Å²) in [5.74, 6) is 0.529. The van der Waals surface area contributed by atoms with Crippen LogP contribution >= 0.6 is 0 Å². The van der Waals surface area contributed by atoms with Crippen LogP contribution in [0.4, 0.5) is 0 Å². The molecule has 8 aromatic carbocycles. The van der Waals surface area contributed by atoms with E-state index in [4.69, 9.17) is 0 Å². The van der Waals surface area contributed by atoms with Crippen LogP contribution in [0.1, 0.15) is 17.2 Å². The lowest BCUT2D eigenvalue weighted by molar-refractivity contribution is 0.661. The standard InChI is InChI=1S/C54H35N3/c1-3-18-37(19-4-1)56-48-30-28-39(55-47-26-14-13-23-41(47)45-31-35-16-7-8-17-36(35)32-49(45)55)33-46(48)51-50-44-29-27-34-15-9-10-22-40(34)52(44)57(38-20-5-2-6-21-38)54(50)43-25-12-11-24-42(43)53(51)56/h1-34,40H. The van der Waals surface area contributed by atoms with Gasteiger partial charge in [0.05, 0.1) is 27.6 Å². The molecule has 0 bridgehead atoms. The van der Waals surface area contributed by atoms with Crippen LogP contribution in [0, 0.1) is 5.92 Å². The molecule has 2 aliphatic rings. The van der Waals surface area contributed by atoms with Gasteiger partial charge >= 0.3 is 0 Å². The van der Waals surface area contributed by atoms with E-state index < -0.39 is 0 Å². The molecular formula is C54H35N3. The predicted octanol–water partition coefficient (Wildman–Crippen LogP) is 14.0. The zero-order valence-electron chi connectivity index (χ0n) is 31.0. The second-order valence-electron chi connectivity index (χ2n) is 15.6. The van der Waals surface area contributed by atoms with E-state index in [0.29, 0.717) is 5.92 Å². The van der Waals surface area contributed by atoms with Gasteiger partial charge in [0.15, 0.2) is 0 Å².